The Bertz CT molecular complexity index is 314. The summed E-state index contributed by atoms with van der Waals surface area (Å²) in [6.45, 7) is 7.30. The van der Waals surface area contributed by atoms with Crippen LogP contribution in [-0.2, 0) is 4.74 Å². The molecule has 0 saturated heterocycles. The third-order valence-corrected chi connectivity index (χ3v) is 4.05. The van der Waals surface area contributed by atoms with Gasteiger partial charge in [-0.3, -0.25) is 0 Å². The van der Waals surface area contributed by atoms with Crippen molar-refractivity contribution >= 4 is 22.9 Å². The van der Waals surface area contributed by atoms with Crippen LogP contribution in [0, 0.1) is 5.92 Å². The summed E-state index contributed by atoms with van der Waals surface area (Å²) >= 11 is 7.56. The Hall–Kier alpha value is -0.0900. The lowest BCUT2D eigenvalue weighted by atomic mass is 10.0. The van der Waals surface area contributed by atoms with E-state index in [-0.39, 0.29) is 0 Å². The molecular weight excluding hydrogens is 242 g/mol. The molecule has 1 aromatic rings. The SMILES string of the molecule is COCC(NC(C)c1ccc(Cl)s1)C(C)C. The van der Waals surface area contributed by atoms with Gasteiger partial charge in [0.1, 0.15) is 0 Å². The van der Waals surface area contributed by atoms with Gasteiger partial charge >= 0.3 is 0 Å². The molecule has 2 atom stereocenters. The molecule has 16 heavy (non-hydrogen) atoms. The van der Waals surface area contributed by atoms with Crippen LogP contribution in [0.25, 0.3) is 0 Å². The number of thiophene rings is 1. The zero-order valence-corrected chi connectivity index (χ0v) is 11.9. The smallest absolute Gasteiger partial charge is 0.0931 e. The molecule has 0 fully saturated rings. The Balaban J connectivity index is 2.57. The van der Waals surface area contributed by atoms with Crippen molar-refractivity contribution < 1.29 is 4.74 Å². The molecule has 4 heteroatoms. The second kappa shape index (κ2) is 6.60. The van der Waals surface area contributed by atoms with Crippen LogP contribution in [0.15, 0.2) is 12.1 Å². The quantitative estimate of drug-likeness (QED) is 0.843. The number of hydrogen-bond acceptors (Lipinski definition) is 3. The Labute approximate surface area is 107 Å². The van der Waals surface area contributed by atoms with Gasteiger partial charge in [0.25, 0.3) is 0 Å². The van der Waals surface area contributed by atoms with Crippen molar-refractivity contribution in [2.75, 3.05) is 13.7 Å². The van der Waals surface area contributed by atoms with Gasteiger partial charge in [-0.25, -0.2) is 0 Å². The molecule has 0 aliphatic heterocycles. The average Bonchev–Trinajstić information content (AvgIpc) is 2.64. The Morgan fingerprint density at radius 3 is 2.50 bits per heavy atom. The van der Waals surface area contributed by atoms with Crippen LogP contribution in [0.3, 0.4) is 0 Å². The van der Waals surface area contributed by atoms with E-state index < -0.39 is 0 Å². The first-order valence-corrected chi connectivity index (χ1v) is 6.74. The number of rotatable bonds is 6. The normalized spacial score (nSPS) is 15.4. The zero-order chi connectivity index (χ0) is 12.1. The van der Waals surface area contributed by atoms with Gasteiger partial charge in [-0.05, 0) is 25.0 Å². The fourth-order valence-corrected chi connectivity index (χ4v) is 2.65. The van der Waals surface area contributed by atoms with Crippen LogP contribution >= 0.6 is 22.9 Å². The van der Waals surface area contributed by atoms with Crippen molar-refractivity contribution in [2.45, 2.75) is 32.9 Å². The lowest BCUT2D eigenvalue weighted by molar-refractivity contribution is 0.142. The van der Waals surface area contributed by atoms with E-state index in [1.807, 2.05) is 6.07 Å². The first-order valence-electron chi connectivity index (χ1n) is 5.54. The van der Waals surface area contributed by atoms with Crippen LogP contribution in [0.5, 0.6) is 0 Å². The fourth-order valence-electron chi connectivity index (χ4n) is 1.58. The number of hydrogen-bond donors (Lipinski definition) is 1. The first-order chi connectivity index (χ1) is 7.54. The number of halogens is 1. The summed E-state index contributed by atoms with van der Waals surface area (Å²) in [7, 11) is 1.74. The molecule has 0 radical (unpaired) electrons. The largest absolute Gasteiger partial charge is 0.383 e. The summed E-state index contributed by atoms with van der Waals surface area (Å²) in [6.07, 6.45) is 0. The second-order valence-electron chi connectivity index (χ2n) is 4.34. The molecule has 1 aromatic heterocycles. The van der Waals surface area contributed by atoms with E-state index in [0.717, 1.165) is 10.9 Å². The summed E-state index contributed by atoms with van der Waals surface area (Å²) < 4.78 is 6.07. The average molecular weight is 262 g/mol. The van der Waals surface area contributed by atoms with Crippen LogP contribution < -0.4 is 5.32 Å². The van der Waals surface area contributed by atoms with E-state index in [1.54, 1.807) is 18.4 Å². The number of methoxy groups -OCH3 is 1. The third kappa shape index (κ3) is 4.06. The number of nitrogens with one attached hydrogen (secondary N) is 1. The summed E-state index contributed by atoms with van der Waals surface area (Å²) in [6, 6.07) is 4.72. The van der Waals surface area contributed by atoms with E-state index in [4.69, 9.17) is 16.3 Å². The Morgan fingerprint density at radius 1 is 1.38 bits per heavy atom. The van der Waals surface area contributed by atoms with Gasteiger partial charge in [0.05, 0.1) is 10.9 Å². The molecule has 0 aliphatic rings. The van der Waals surface area contributed by atoms with Gasteiger partial charge < -0.3 is 10.1 Å². The van der Waals surface area contributed by atoms with Gasteiger partial charge in [-0.1, -0.05) is 25.4 Å². The van der Waals surface area contributed by atoms with Crippen molar-refractivity contribution in [2.24, 2.45) is 5.92 Å². The standard InChI is InChI=1S/C12H20ClNOS/c1-8(2)10(7-15-4)14-9(3)11-5-6-12(13)16-11/h5-6,8-10,14H,7H2,1-4H3. The molecule has 1 rings (SSSR count). The molecule has 0 aliphatic carbocycles. The molecule has 2 unspecified atom stereocenters. The van der Waals surface area contributed by atoms with Gasteiger partial charge in [0.15, 0.2) is 0 Å². The zero-order valence-electron chi connectivity index (χ0n) is 10.3. The maximum absolute atomic E-state index is 5.93. The summed E-state index contributed by atoms with van der Waals surface area (Å²) in [5, 5.41) is 3.57. The highest BCUT2D eigenvalue weighted by Crippen LogP contribution is 2.27. The molecule has 1 N–H and O–H groups in total. The van der Waals surface area contributed by atoms with Crippen molar-refractivity contribution in [3.63, 3.8) is 0 Å². The predicted molar refractivity (Wildman–Crippen MR) is 71.4 cm³/mol. The predicted octanol–water partition coefficient (Wildman–Crippen LogP) is 3.72. The Kier molecular flexibility index (Phi) is 5.76. The minimum absolute atomic E-state index is 0.319. The maximum Gasteiger partial charge on any atom is 0.0931 e. The molecule has 92 valence electrons. The monoisotopic (exact) mass is 261 g/mol. The molecular formula is C12H20ClNOS. The van der Waals surface area contributed by atoms with Crippen molar-refractivity contribution in [1.82, 2.24) is 5.32 Å². The van der Waals surface area contributed by atoms with E-state index in [0.29, 0.717) is 18.0 Å². The summed E-state index contributed by atoms with van der Waals surface area (Å²) in [5.41, 5.74) is 0. The van der Waals surface area contributed by atoms with E-state index in [9.17, 15) is 0 Å². The molecule has 0 spiro atoms. The lowest BCUT2D eigenvalue weighted by Crippen LogP contribution is -2.39. The highest BCUT2D eigenvalue weighted by molar-refractivity contribution is 7.16. The molecule has 0 aromatic carbocycles. The molecule has 0 amide bonds. The summed E-state index contributed by atoms with van der Waals surface area (Å²) in [4.78, 5) is 1.27. The van der Waals surface area contributed by atoms with Gasteiger partial charge in [-0.15, -0.1) is 11.3 Å². The van der Waals surface area contributed by atoms with E-state index in [2.05, 4.69) is 32.2 Å². The molecule has 2 nitrogen and oxygen atoms in total. The fraction of sp³-hybridized carbons (Fsp3) is 0.667. The van der Waals surface area contributed by atoms with Gasteiger partial charge in [0.2, 0.25) is 0 Å². The minimum atomic E-state index is 0.319. The van der Waals surface area contributed by atoms with E-state index in [1.165, 1.54) is 4.88 Å². The van der Waals surface area contributed by atoms with Crippen molar-refractivity contribution in [3.8, 4) is 0 Å². The minimum Gasteiger partial charge on any atom is -0.383 e. The Morgan fingerprint density at radius 2 is 2.06 bits per heavy atom. The van der Waals surface area contributed by atoms with E-state index >= 15 is 0 Å². The summed E-state index contributed by atoms with van der Waals surface area (Å²) in [5.74, 6) is 0.554. The second-order valence-corrected chi connectivity index (χ2v) is 6.08. The number of ether oxygens (including phenoxy) is 1. The van der Waals surface area contributed by atoms with Gasteiger partial charge in [-0.2, -0.15) is 0 Å². The van der Waals surface area contributed by atoms with Crippen LogP contribution in [-0.4, -0.2) is 19.8 Å². The lowest BCUT2D eigenvalue weighted by Gasteiger charge is -2.25. The highest BCUT2D eigenvalue weighted by atomic mass is 35.5. The van der Waals surface area contributed by atoms with Crippen molar-refractivity contribution in [1.29, 1.82) is 0 Å². The first kappa shape index (κ1) is 14.0. The molecule has 0 saturated carbocycles. The molecule has 1 heterocycles. The topological polar surface area (TPSA) is 21.3 Å². The molecule has 0 bridgehead atoms. The van der Waals surface area contributed by atoms with Crippen LogP contribution in [0.4, 0.5) is 0 Å². The maximum atomic E-state index is 5.93. The van der Waals surface area contributed by atoms with Crippen LogP contribution in [0.2, 0.25) is 4.34 Å². The highest BCUT2D eigenvalue weighted by Gasteiger charge is 2.17. The van der Waals surface area contributed by atoms with Gasteiger partial charge in [0, 0.05) is 24.1 Å². The van der Waals surface area contributed by atoms with Crippen molar-refractivity contribution in [3.05, 3.63) is 21.3 Å². The van der Waals surface area contributed by atoms with Crippen LogP contribution in [0.1, 0.15) is 31.7 Å². The third-order valence-electron chi connectivity index (χ3n) is 2.64.